The van der Waals surface area contributed by atoms with E-state index in [-0.39, 0.29) is 4.90 Å². The van der Waals surface area contributed by atoms with Crippen molar-refractivity contribution in [1.82, 2.24) is 9.71 Å². The maximum atomic E-state index is 11.7. The molecule has 0 fully saturated rings. The van der Waals surface area contributed by atoms with Gasteiger partial charge in [-0.15, -0.1) is 11.3 Å². The summed E-state index contributed by atoms with van der Waals surface area (Å²) in [6.45, 7) is 2.58. The summed E-state index contributed by atoms with van der Waals surface area (Å²) in [7, 11) is -0.211. The van der Waals surface area contributed by atoms with Gasteiger partial charge in [-0.3, -0.25) is 0 Å². The number of hydrogen-bond acceptors (Lipinski definition) is 6. The lowest BCUT2D eigenvalue weighted by Crippen LogP contribution is -2.21. The summed E-state index contributed by atoms with van der Waals surface area (Å²) in [4.78, 5) is 6.51. The lowest BCUT2D eigenvalue weighted by Gasteiger charge is -2.20. The van der Waals surface area contributed by atoms with Crippen LogP contribution in [0, 0.1) is 6.92 Å². The van der Waals surface area contributed by atoms with Gasteiger partial charge in [0.15, 0.2) is 0 Å². The van der Waals surface area contributed by atoms with Crippen molar-refractivity contribution in [1.29, 1.82) is 0 Å². The Balaban J connectivity index is 2.24. The van der Waals surface area contributed by atoms with Gasteiger partial charge in [0.1, 0.15) is 0 Å². The van der Waals surface area contributed by atoms with E-state index in [4.69, 9.17) is 5.73 Å². The number of rotatable bonds is 5. The Kier molecular flexibility index (Phi) is 4.50. The van der Waals surface area contributed by atoms with E-state index in [1.807, 2.05) is 24.3 Å². The number of thiazole rings is 1. The number of nitrogens with one attached hydrogen (secondary N) is 1. The molecule has 1 aromatic carbocycles. The molecule has 0 saturated heterocycles. The molecule has 0 aliphatic carbocycles. The second kappa shape index (κ2) is 6.00. The summed E-state index contributed by atoms with van der Waals surface area (Å²) in [5.74, 6) is 0. The Bertz CT molecular complexity index is 740. The molecule has 2 aromatic rings. The normalized spacial score (nSPS) is 11.6. The molecule has 0 amide bonds. The van der Waals surface area contributed by atoms with Crippen molar-refractivity contribution in [2.24, 2.45) is 0 Å². The zero-order valence-corrected chi connectivity index (χ0v) is 13.8. The molecule has 1 aromatic heterocycles. The molecule has 2 rings (SSSR count). The van der Waals surface area contributed by atoms with Gasteiger partial charge in [0.25, 0.3) is 0 Å². The highest BCUT2D eigenvalue weighted by molar-refractivity contribution is 7.89. The SMILES string of the molecule is CNS(=O)(=O)c1ccc(N(C)Cc2csc(C)n2)c(N)c1. The van der Waals surface area contributed by atoms with E-state index in [1.54, 1.807) is 23.5 Å². The average Bonchev–Trinajstić information content (AvgIpc) is 2.83. The van der Waals surface area contributed by atoms with Gasteiger partial charge in [-0.2, -0.15) is 0 Å². The number of anilines is 2. The van der Waals surface area contributed by atoms with Crippen LogP contribution >= 0.6 is 11.3 Å². The van der Waals surface area contributed by atoms with Crippen molar-refractivity contribution in [3.05, 3.63) is 34.3 Å². The molecule has 8 heteroatoms. The van der Waals surface area contributed by atoms with Crippen LogP contribution in [0.5, 0.6) is 0 Å². The van der Waals surface area contributed by atoms with Gasteiger partial charge >= 0.3 is 0 Å². The molecule has 1 heterocycles. The lowest BCUT2D eigenvalue weighted by molar-refractivity contribution is 0.588. The standard InChI is InChI=1S/C13H18N4O2S2/c1-9-16-10(8-20-9)7-17(3)13-5-4-11(6-12(13)14)21(18,19)15-2/h4-6,8,15H,7,14H2,1-3H3. The van der Waals surface area contributed by atoms with Crippen LogP contribution < -0.4 is 15.4 Å². The third-order valence-corrected chi connectivity index (χ3v) is 5.29. The topological polar surface area (TPSA) is 88.3 Å². The Morgan fingerprint density at radius 3 is 2.67 bits per heavy atom. The van der Waals surface area contributed by atoms with Gasteiger partial charge in [-0.25, -0.2) is 18.1 Å². The fourth-order valence-corrected chi connectivity index (χ4v) is 3.34. The number of aromatic nitrogens is 1. The van der Waals surface area contributed by atoms with Gasteiger partial charge in [-0.05, 0) is 32.2 Å². The molecule has 114 valence electrons. The molecular weight excluding hydrogens is 308 g/mol. The van der Waals surface area contributed by atoms with Crippen molar-refractivity contribution < 1.29 is 8.42 Å². The average molecular weight is 326 g/mol. The van der Waals surface area contributed by atoms with Crippen LogP contribution in [0.1, 0.15) is 10.7 Å². The molecule has 0 unspecified atom stereocenters. The van der Waals surface area contributed by atoms with E-state index in [0.717, 1.165) is 16.4 Å². The fourth-order valence-electron chi connectivity index (χ4n) is 1.97. The minimum atomic E-state index is -3.48. The number of nitrogens with zero attached hydrogens (tertiary/aromatic N) is 2. The fraction of sp³-hybridized carbons (Fsp3) is 0.308. The molecule has 0 atom stereocenters. The third kappa shape index (κ3) is 3.52. The van der Waals surface area contributed by atoms with Crippen LogP contribution in [-0.4, -0.2) is 27.5 Å². The first-order chi connectivity index (χ1) is 9.83. The van der Waals surface area contributed by atoms with Gasteiger partial charge in [0, 0.05) is 12.4 Å². The summed E-state index contributed by atoms with van der Waals surface area (Å²) in [6.07, 6.45) is 0. The van der Waals surface area contributed by atoms with Crippen LogP contribution in [0.15, 0.2) is 28.5 Å². The first-order valence-electron chi connectivity index (χ1n) is 6.28. The zero-order valence-electron chi connectivity index (χ0n) is 12.1. The maximum absolute atomic E-state index is 11.7. The van der Waals surface area contributed by atoms with Crippen LogP contribution in [0.3, 0.4) is 0 Å². The smallest absolute Gasteiger partial charge is 0.240 e. The Morgan fingerprint density at radius 2 is 2.14 bits per heavy atom. The highest BCUT2D eigenvalue weighted by atomic mass is 32.2. The van der Waals surface area contributed by atoms with Gasteiger partial charge in [0.2, 0.25) is 10.0 Å². The number of nitrogen functional groups attached to an aromatic ring is 1. The van der Waals surface area contributed by atoms with Crippen molar-refractivity contribution in [3.63, 3.8) is 0 Å². The van der Waals surface area contributed by atoms with Crippen LogP contribution in [0.2, 0.25) is 0 Å². The summed E-state index contributed by atoms with van der Waals surface area (Å²) in [6, 6.07) is 4.71. The largest absolute Gasteiger partial charge is 0.397 e. The molecule has 0 spiro atoms. The van der Waals surface area contributed by atoms with Gasteiger partial charge in [-0.1, -0.05) is 0 Å². The number of hydrogen-bond donors (Lipinski definition) is 2. The summed E-state index contributed by atoms with van der Waals surface area (Å²) in [5.41, 5.74) is 8.14. The first kappa shape index (κ1) is 15.7. The Hall–Kier alpha value is -1.64. The molecule has 21 heavy (non-hydrogen) atoms. The number of nitrogens with two attached hydrogens (primary N) is 1. The Morgan fingerprint density at radius 1 is 1.43 bits per heavy atom. The van der Waals surface area contributed by atoms with Crippen molar-refractivity contribution >= 4 is 32.7 Å². The molecule has 0 saturated carbocycles. The highest BCUT2D eigenvalue weighted by Crippen LogP contribution is 2.26. The molecular formula is C13H18N4O2S2. The molecule has 3 N–H and O–H groups in total. The van der Waals surface area contributed by atoms with Crippen molar-refractivity contribution in [2.75, 3.05) is 24.7 Å². The number of aryl methyl sites for hydroxylation is 1. The maximum Gasteiger partial charge on any atom is 0.240 e. The summed E-state index contributed by atoms with van der Waals surface area (Å²) in [5, 5.41) is 3.02. The van der Waals surface area contributed by atoms with E-state index in [1.165, 1.54) is 13.1 Å². The predicted molar refractivity (Wildman–Crippen MR) is 86.1 cm³/mol. The summed E-state index contributed by atoms with van der Waals surface area (Å²) < 4.78 is 25.7. The van der Waals surface area contributed by atoms with Crippen molar-refractivity contribution in [3.8, 4) is 0 Å². The van der Waals surface area contributed by atoms with E-state index in [0.29, 0.717) is 12.2 Å². The van der Waals surface area contributed by atoms with Crippen molar-refractivity contribution in [2.45, 2.75) is 18.4 Å². The Labute approximate surface area is 128 Å². The summed E-state index contributed by atoms with van der Waals surface area (Å²) >= 11 is 1.60. The van der Waals surface area contributed by atoms with Crippen LogP contribution in [0.4, 0.5) is 11.4 Å². The molecule has 6 nitrogen and oxygen atoms in total. The van der Waals surface area contributed by atoms with Crippen LogP contribution in [0.25, 0.3) is 0 Å². The van der Waals surface area contributed by atoms with Crippen LogP contribution in [-0.2, 0) is 16.6 Å². The van der Waals surface area contributed by atoms with E-state index in [2.05, 4.69) is 9.71 Å². The monoisotopic (exact) mass is 326 g/mol. The lowest BCUT2D eigenvalue weighted by atomic mass is 10.2. The molecule has 0 radical (unpaired) electrons. The van der Waals surface area contributed by atoms with E-state index in [9.17, 15) is 8.42 Å². The zero-order chi connectivity index (χ0) is 15.6. The number of benzene rings is 1. The van der Waals surface area contributed by atoms with Gasteiger partial charge in [0.05, 0.1) is 33.5 Å². The predicted octanol–water partition coefficient (Wildman–Crippen LogP) is 1.58. The minimum Gasteiger partial charge on any atom is -0.397 e. The third-order valence-electron chi connectivity index (χ3n) is 3.06. The second-order valence-electron chi connectivity index (χ2n) is 4.64. The highest BCUT2D eigenvalue weighted by Gasteiger charge is 2.15. The quantitative estimate of drug-likeness (QED) is 0.814. The first-order valence-corrected chi connectivity index (χ1v) is 8.65. The minimum absolute atomic E-state index is 0.157. The molecule has 0 aliphatic rings. The van der Waals surface area contributed by atoms with E-state index >= 15 is 0 Å². The van der Waals surface area contributed by atoms with E-state index < -0.39 is 10.0 Å². The van der Waals surface area contributed by atoms with Gasteiger partial charge < -0.3 is 10.6 Å². The molecule has 0 aliphatic heterocycles. The second-order valence-corrected chi connectivity index (χ2v) is 7.59. The number of sulfonamides is 1. The molecule has 0 bridgehead atoms.